The number of alkyl halides is 3. The Morgan fingerprint density at radius 3 is 2.71 bits per heavy atom. The van der Waals surface area contributed by atoms with Gasteiger partial charge in [0.1, 0.15) is 6.33 Å². The number of nitrogens with zero attached hydrogens (tertiary/aromatic N) is 3. The fraction of sp³-hybridized carbons (Fsp3) is 0.250. The zero-order valence-corrected chi connectivity index (χ0v) is 12.4. The minimum atomic E-state index is -4.61. The predicted octanol–water partition coefficient (Wildman–Crippen LogP) is 2.53. The number of amides is 1. The highest BCUT2D eigenvalue weighted by Gasteiger charge is 2.35. The van der Waals surface area contributed by atoms with E-state index in [-0.39, 0.29) is 11.0 Å². The molecule has 21 heavy (non-hydrogen) atoms. The van der Waals surface area contributed by atoms with Gasteiger partial charge in [-0.3, -0.25) is 4.79 Å². The molecule has 1 heterocycles. The minimum absolute atomic E-state index is 0.0112. The van der Waals surface area contributed by atoms with Crippen molar-refractivity contribution in [3.63, 3.8) is 0 Å². The van der Waals surface area contributed by atoms with Crippen molar-refractivity contribution < 1.29 is 18.0 Å². The van der Waals surface area contributed by atoms with Crippen molar-refractivity contribution in [3.8, 4) is 0 Å². The molecule has 0 bridgehead atoms. The Hall–Kier alpha value is -1.90. The SMILES string of the molecule is Cn1cnnc1CNC(=O)c1ccc(Br)cc1C(F)(F)F. The number of nitrogens with one attached hydrogen (secondary N) is 1. The normalized spacial score (nSPS) is 11.5. The lowest BCUT2D eigenvalue weighted by atomic mass is 10.1. The van der Waals surface area contributed by atoms with Crippen molar-refractivity contribution in [1.29, 1.82) is 0 Å². The molecule has 0 unspecified atom stereocenters. The van der Waals surface area contributed by atoms with E-state index in [2.05, 4.69) is 31.4 Å². The second-order valence-electron chi connectivity index (χ2n) is 4.23. The fourth-order valence-corrected chi connectivity index (χ4v) is 2.03. The summed E-state index contributed by atoms with van der Waals surface area (Å²) in [5.41, 5.74) is -1.43. The third-order valence-electron chi connectivity index (χ3n) is 2.74. The number of halogens is 4. The first-order chi connectivity index (χ1) is 9.79. The Morgan fingerprint density at radius 2 is 2.14 bits per heavy atom. The number of carbonyl (C=O) groups is 1. The van der Waals surface area contributed by atoms with Crippen LogP contribution in [0.2, 0.25) is 0 Å². The number of hydrogen-bond acceptors (Lipinski definition) is 3. The third kappa shape index (κ3) is 3.60. The number of aromatic nitrogens is 3. The standard InChI is InChI=1S/C12H10BrF3N4O/c1-20-6-18-19-10(20)5-17-11(21)8-3-2-7(13)4-9(8)12(14,15)16/h2-4,6H,5H2,1H3,(H,17,21). The number of carbonyl (C=O) groups excluding carboxylic acids is 1. The Bertz CT molecular complexity index is 669. The van der Waals surface area contributed by atoms with Crippen molar-refractivity contribution in [2.24, 2.45) is 7.05 Å². The number of rotatable bonds is 3. The third-order valence-corrected chi connectivity index (χ3v) is 3.24. The molecule has 0 aliphatic heterocycles. The Labute approximate surface area is 126 Å². The molecule has 2 rings (SSSR count). The van der Waals surface area contributed by atoms with Gasteiger partial charge in [-0.25, -0.2) is 0 Å². The molecule has 9 heteroatoms. The molecular weight excluding hydrogens is 353 g/mol. The molecule has 0 aliphatic carbocycles. The first kappa shape index (κ1) is 15.5. The van der Waals surface area contributed by atoms with E-state index in [9.17, 15) is 18.0 Å². The van der Waals surface area contributed by atoms with Gasteiger partial charge in [0.25, 0.3) is 5.91 Å². The molecule has 0 saturated carbocycles. The number of aryl methyl sites for hydroxylation is 1. The van der Waals surface area contributed by atoms with Gasteiger partial charge in [-0.05, 0) is 18.2 Å². The van der Waals surface area contributed by atoms with Gasteiger partial charge in [0.05, 0.1) is 17.7 Å². The van der Waals surface area contributed by atoms with Crippen LogP contribution in [0.3, 0.4) is 0 Å². The Morgan fingerprint density at radius 1 is 1.43 bits per heavy atom. The molecule has 1 N–H and O–H groups in total. The highest BCUT2D eigenvalue weighted by molar-refractivity contribution is 9.10. The van der Waals surface area contributed by atoms with Crippen molar-refractivity contribution in [2.45, 2.75) is 12.7 Å². The summed E-state index contributed by atoms with van der Waals surface area (Å²) in [6, 6.07) is 3.38. The summed E-state index contributed by atoms with van der Waals surface area (Å²) in [6.45, 7) is -0.0112. The lowest BCUT2D eigenvalue weighted by molar-refractivity contribution is -0.138. The second-order valence-corrected chi connectivity index (χ2v) is 5.14. The zero-order valence-electron chi connectivity index (χ0n) is 10.8. The van der Waals surface area contributed by atoms with Gasteiger partial charge in [0.15, 0.2) is 5.82 Å². The first-order valence-electron chi connectivity index (χ1n) is 5.77. The number of benzene rings is 1. The van der Waals surface area contributed by atoms with Crippen LogP contribution in [0, 0.1) is 0 Å². The monoisotopic (exact) mass is 362 g/mol. The van der Waals surface area contributed by atoms with E-state index in [1.807, 2.05) is 0 Å². The summed E-state index contributed by atoms with van der Waals surface area (Å²) in [5, 5.41) is 9.75. The van der Waals surface area contributed by atoms with Gasteiger partial charge in [-0.2, -0.15) is 13.2 Å². The fourth-order valence-electron chi connectivity index (χ4n) is 1.67. The van der Waals surface area contributed by atoms with Crippen LogP contribution in [0.5, 0.6) is 0 Å². The van der Waals surface area contributed by atoms with E-state index < -0.39 is 23.2 Å². The quantitative estimate of drug-likeness (QED) is 0.912. The lowest BCUT2D eigenvalue weighted by Crippen LogP contribution is -2.27. The Kier molecular flexibility index (Phi) is 4.31. The molecule has 0 aliphatic rings. The van der Waals surface area contributed by atoms with E-state index in [4.69, 9.17) is 0 Å². The predicted molar refractivity (Wildman–Crippen MR) is 71.3 cm³/mol. The molecule has 0 atom stereocenters. The maximum Gasteiger partial charge on any atom is 0.417 e. The summed E-state index contributed by atoms with van der Waals surface area (Å²) < 4.78 is 40.6. The minimum Gasteiger partial charge on any atom is -0.345 e. The van der Waals surface area contributed by atoms with Crippen LogP contribution in [0.1, 0.15) is 21.7 Å². The molecule has 1 aromatic carbocycles. The maximum absolute atomic E-state index is 12.9. The summed E-state index contributed by atoms with van der Waals surface area (Å²) in [7, 11) is 1.67. The van der Waals surface area contributed by atoms with Crippen molar-refractivity contribution in [3.05, 3.63) is 46.0 Å². The molecular formula is C12H10BrF3N4O. The summed E-state index contributed by atoms with van der Waals surface area (Å²) in [6.07, 6.45) is -3.18. The van der Waals surface area contributed by atoms with E-state index >= 15 is 0 Å². The van der Waals surface area contributed by atoms with E-state index in [0.29, 0.717) is 5.82 Å². The highest BCUT2D eigenvalue weighted by atomic mass is 79.9. The van der Waals surface area contributed by atoms with Crippen LogP contribution in [0.4, 0.5) is 13.2 Å². The molecule has 112 valence electrons. The molecule has 0 fully saturated rings. The van der Waals surface area contributed by atoms with Gasteiger partial charge in [0, 0.05) is 11.5 Å². The molecule has 0 radical (unpaired) electrons. The van der Waals surface area contributed by atoms with Crippen LogP contribution in [-0.2, 0) is 19.8 Å². The van der Waals surface area contributed by atoms with E-state index in [0.717, 1.165) is 12.1 Å². The molecule has 1 aromatic heterocycles. The largest absolute Gasteiger partial charge is 0.417 e. The average molecular weight is 363 g/mol. The van der Waals surface area contributed by atoms with Crippen LogP contribution in [0.15, 0.2) is 29.0 Å². The zero-order chi connectivity index (χ0) is 15.6. The van der Waals surface area contributed by atoms with Crippen LogP contribution in [0.25, 0.3) is 0 Å². The molecule has 1 amide bonds. The maximum atomic E-state index is 12.9. The smallest absolute Gasteiger partial charge is 0.345 e. The summed E-state index contributed by atoms with van der Waals surface area (Å²) >= 11 is 2.96. The van der Waals surface area contributed by atoms with Crippen molar-refractivity contribution in [2.75, 3.05) is 0 Å². The topological polar surface area (TPSA) is 59.8 Å². The van der Waals surface area contributed by atoms with Gasteiger partial charge in [0.2, 0.25) is 0 Å². The van der Waals surface area contributed by atoms with Gasteiger partial charge in [-0.1, -0.05) is 15.9 Å². The summed E-state index contributed by atoms with van der Waals surface area (Å²) in [5.74, 6) is -0.383. The molecule has 0 saturated heterocycles. The second kappa shape index (κ2) is 5.84. The van der Waals surface area contributed by atoms with Crippen molar-refractivity contribution in [1.82, 2.24) is 20.1 Å². The van der Waals surface area contributed by atoms with Gasteiger partial charge >= 0.3 is 6.18 Å². The van der Waals surface area contributed by atoms with Gasteiger partial charge in [-0.15, -0.1) is 10.2 Å². The van der Waals surface area contributed by atoms with Crippen molar-refractivity contribution >= 4 is 21.8 Å². The van der Waals surface area contributed by atoms with Crippen LogP contribution >= 0.6 is 15.9 Å². The molecule has 5 nitrogen and oxygen atoms in total. The lowest BCUT2D eigenvalue weighted by Gasteiger charge is -2.13. The summed E-state index contributed by atoms with van der Waals surface area (Å²) in [4.78, 5) is 11.9. The van der Waals surface area contributed by atoms with Crippen LogP contribution in [-0.4, -0.2) is 20.7 Å². The highest BCUT2D eigenvalue weighted by Crippen LogP contribution is 2.33. The first-order valence-corrected chi connectivity index (χ1v) is 6.56. The average Bonchev–Trinajstić information content (AvgIpc) is 2.80. The van der Waals surface area contributed by atoms with Crippen LogP contribution < -0.4 is 5.32 Å². The van der Waals surface area contributed by atoms with E-state index in [1.54, 1.807) is 11.6 Å². The number of hydrogen-bond donors (Lipinski definition) is 1. The Balaban J connectivity index is 2.21. The van der Waals surface area contributed by atoms with Gasteiger partial charge < -0.3 is 9.88 Å². The molecule has 2 aromatic rings. The molecule has 0 spiro atoms. The van der Waals surface area contributed by atoms with E-state index in [1.165, 1.54) is 12.4 Å².